The Balaban J connectivity index is 3.19. The number of carboxylic acids is 1. The minimum atomic E-state index is -1.30. The number of nitrogens with zero attached hydrogens (tertiary/aromatic N) is 2. The van der Waals surface area contributed by atoms with Gasteiger partial charge >= 0.3 is 5.97 Å². The van der Waals surface area contributed by atoms with Gasteiger partial charge in [-0.1, -0.05) is 6.07 Å². The predicted molar refractivity (Wildman–Crippen MR) is 76.5 cm³/mol. The molecular weight excluding hydrogens is 278 g/mol. The summed E-state index contributed by atoms with van der Waals surface area (Å²) in [7, 11) is 1.60. The highest BCUT2D eigenvalue weighted by atomic mass is 16.6. The molecule has 1 unspecified atom stereocenters. The summed E-state index contributed by atoms with van der Waals surface area (Å²) in [6, 6.07) is 2.94. The summed E-state index contributed by atoms with van der Waals surface area (Å²) in [5.41, 5.74) is -0.794. The first kappa shape index (κ1) is 16.4. The van der Waals surface area contributed by atoms with E-state index in [1.54, 1.807) is 14.0 Å². The quantitative estimate of drug-likeness (QED) is 0.608. The molecule has 0 aliphatic heterocycles. The zero-order valence-electron chi connectivity index (χ0n) is 12.0. The molecule has 0 saturated carbocycles. The van der Waals surface area contributed by atoms with Gasteiger partial charge in [-0.3, -0.25) is 14.9 Å². The molecule has 21 heavy (non-hydrogen) atoms. The maximum Gasteiger partial charge on any atom is 0.338 e. The Morgan fingerprint density at radius 1 is 1.48 bits per heavy atom. The number of likely N-dealkylation sites (N-methyl/N-ethyl adjacent to an activating group) is 1. The van der Waals surface area contributed by atoms with Crippen molar-refractivity contribution in [2.24, 2.45) is 0 Å². The molecule has 1 aromatic carbocycles. The topological polar surface area (TPSA) is 113 Å². The van der Waals surface area contributed by atoms with E-state index in [2.05, 4.69) is 5.32 Å². The first-order valence-electron chi connectivity index (χ1n) is 6.31. The number of nitro groups is 1. The average Bonchev–Trinajstić information content (AvgIpc) is 2.45. The second kappa shape index (κ2) is 6.69. The Morgan fingerprint density at radius 2 is 2.10 bits per heavy atom. The van der Waals surface area contributed by atoms with E-state index >= 15 is 0 Å². The van der Waals surface area contributed by atoms with Crippen LogP contribution in [0.3, 0.4) is 0 Å². The number of carbonyl (C=O) groups excluding carboxylic acids is 1. The number of hydrogen-bond donors (Lipinski definition) is 2. The monoisotopic (exact) mass is 295 g/mol. The van der Waals surface area contributed by atoms with Crippen LogP contribution in [0.25, 0.3) is 0 Å². The molecule has 1 rings (SSSR count). The van der Waals surface area contributed by atoms with Gasteiger partial charge < -0.3 is 15.3 Å². The lowest BCUT2D eigenvalue weighted by atomic mass is 10.1. The maximum absolute atomic E-state index is 12.0. The fourth-order valence-electron chi connectivity index (χ4n) is 1.79. The number of carboxylic acid groups (broad SMARTS) is 1. The summed E-state index contributed by atoms with van der Waals surface area (Å²) < 4.78 is 0. The lowest BCUT2D eigenvalue weighted by Gasteiger charge is -2.21. The molecule has 0 radical (unpaired) electrons. The second-order valence-corrected chi connectivity index (χ2v) is 4.48. The van der Waals surface area contributed by atoms with Crippen molar-refractivity contribution in [2.75, 3.05) is 18.9 Å². The highest BCUT2D eigenvalue weighted by Crippen LogP contribution is 2.29. The number of hydrogen-bond acceptors (Lipinski definition) is 5. The van der Waals surface area contributed by atoms with Crippen LogP contribution in [0.15, 0.2) is 18.2 Å². The number of para-hydroxylation sites is 1. The largest absolute Gasteiger partial charge is 0.478 e. The molecule has 0 fully saturated rings. The average molecular weight is 295 g/mol. The van der Waals surface area contributed by atoms with E-state index in [0.29, 0.717) is 6.54 Å². The van der Waals surface area contributed by atoms with Crippen molar-refractivity contribution in [3.8, 4) is 0 Å². The van der Waals surface area contributed by atoms with E-state index < -0.39 is 16.9 Å². The number of nitrogens with one attached hydrogen (secondary N) is 1. The summed E-state index contributed by atoms with van der Waals surface area (Å²) in [4.78, 5) is 34.9. The van der Waals surface area contributed by atoms with Crippen LogP contribution in [-0.2, 0) is 4.79 Å². The van der Waals surface area contributed by atoms with Crippen LogP contribution in [0.4, 0.5) is 11.4 Å². The molecule has 0 bridgehead atoms. The number of amides is 1. The summed E-state index contributed by atoms with van der Waals surface area (Å²) in [6.45, 7) is 3.79. The van der Waals surface area contributed by atoms with Gasteiger partial charge in [-0.15, -0.1) is 0 Å². The molecule has 0 aliphatic rings. The summed E-state index contributed by atoms with van der Waals surface area (Å²) in [5.74, 6) is -1.59. The molecule has 1 aromatic rings. The summed E-state index contributed by atoms with van der Waals surface area (Å²) in [5, 5.41) is 22.8. The van der Waals surface area contributed by atoms with Gasteiger partial charge in [0.15, 0.2) is 0 Å². The van der Waals surface area contributed by atoms with Crippen molar-refractivity contribution >= 4 is 23.3 Å². The number of anilines is 1. The molecule has 8 nitrogen and oxygen atoms in total. The fraction of sp³-hybridized carbons (Fsp3) is 0.385. The van der Waals surface area contributed by atoms with E-state index in [4.69, 9.17) is 5.11 Å². The zero-order valence-corrected chi connectivity index (χ0v) is 12.0. The number of aromatic carboxylic acids is 1. The minimum absolute atomic E-state index is 0.166. The van der Waals surface area contributed by atoms with Gasteiger partial charge in [0.05, 0.1) is 10.5 Å². The van der Waals surface area contributed by atoms with Gasteiger partial charge in [-0.05, 0) is 19.9 Å². The first-order chi connectivity index (χ1) is 9.79. The molecule has 0 aromatic heterocycles. The van der Waals surface area contributed by atoms with E-state index in [1.807, 2.05) is 0 Å². The number of nitro benzene ring substituents is 1. The Morgan fingerprint density at radius 3 is 2.57 bits per heavy atom. The van der Waals surface area contributed by atoms with Crippen LogP contribution in [0.2, 0.25) is 0 Å². The lowest BCUT2D eigenvalue weighted by Crippen LogP contribution is -2.39. The van der Waals surface area contributed by atoms with Crippen molar-refractivity contribution in [3.63, 3.8) is 0 Å². The van der Waals surface area contributed by atoms with E-state index in [-0.39, 0.29) is 22.8 Å². The maximum atomic E-state index is 12.0. The van der Waals surface area contributed by atoms with Crippen molar-refractivity contribution in [2.45, 2.75) is 19.9 Å². The van der Waals surface area contributed by atoms with Crippen LogP contribution in [0, 0.1) is 10.1 Å². The standard InChI is InChI=1S/C13H17N3O5/c1-4-15(3)12(17)8(2)14-11-9(13(18)19)6-5-7-10(11)16(20)21/h5-8,14H,4H2,1-3H3,(H,18,19). The van der Waals surface area contributed by atoms with Gasteiger partial charge in [0.1, 0.15) is 11.7 Å². The molecule has 0 aliphatic carbocycles. The number of rotatable bonds is 6. The third-order valence-electron chi connectivity index (χ3n) is 3.05. The second-order valence-electron chi connectivity index (χ2n) is 4.48. The van der Waals surface area contributed by atoms with Crippen LogP contribution < -0.4 is 5.32 Å². The van der Waals surface area contributed by atoms with Crippen molar-refractivity contribution in [1.29, 1.82) is 0 Å². The Hall–Kier alpha value is -2.64. The van der Waals surface area contributed by atoms with Crippen LogP contribution in [0.5, 0.6) is 0 Å². The third-order valence-corrected chi connectivity index (χ3v) is 3.05. The molecule has 1 atom stereocenters. The Bertz CT molecular complexity index is 541. The molecule has 0 heterocycles. The SMILES string of the molecule is CCN(C)C(=O)C(C)Nc1c(C(=O)O)cccc1[N+](=O)[O-]. The molecule has 2 N–H and O–H groups in total. The van der Waals surface area contributed by atoms with Crippen LogP contribution >= 0.6 is 0 Å². The molecule has 8 heteroatoms. The third kappa shape index (κ3) is 3.68. The summed E-state index contributed by atoms with van der Waals surface area (Å²) >= 11 is 0. The lowest BCUT2D eigenvalue weighted by molar-refractivity contribution is -0.384. The molecule has 1 amide bonds. The summed E-state index contributed by atoms with van der Waals surface area (Å²) in [6.07, 6.45) is 0. The minimum Gasteiger partial charge on any atom is -0.478 e. The van der Waals surface area contributed by atoms with Gasteiger partial charge in [0.25, 0.3) is 5.69 Å². The normalized spacial score (nSPS) is 11.6. The number of benzene rings is 1. The molecular formula is C13H17N3O5. The first-order valence-corrected chi connectivity index (χ1v) is 6.31. The van der Waals surface area contributed by atoms with Crippen LogP contribution in [-0.4, -0.2) is 46.4 Å². The zero-order chi connectivity index (χ0) is 16.2. The highest BCUT2D eigenvalue weighted by Gasteiger charge is 2.25. The van der Waals surface area contributed by atoms with E-state index in [0.717, 1.165) is 0 Å². The molecule has 0 spiro atoms. The van der Waals surface area contributed by atoms with Gasteiger partial charge in [0, 0.05) is 19.7 Å². The van der Waals surface area contributed by atoms with Crippen molar-refractivity contribution in [1.82, 2.24) is 4.90 Å². The smallest absolute Gasteiger partial charge is 0.338 e. The predicted octanol–water partition coefficient (Wildman–Crippen LogP) is 1.57. The Kier molecular flexibility index (Phi) is 5.23. The van der Waals surface area contributed by atoms with Gasteiger partial charge in [-0.2, -0.15) is 0 Å². The van der Waals surface area contributed by atoms with Crippen molar-refractivity contribution in [3.05, 3.63) is 33.9 Å². The fourth-order valence-corrected chi connectivity index (χ4v) is 1.79. The molecule has 0 saturated heterocycles. The van der Waals surface area contributed by atoms with Crippen LogP contribution in [0.1, 0.15) is 24.2 Å². The highest BCUT2D eigenvalue weighted by molar-refractivity contribution is 5.98. The van der Waals surface area contributed by atoms with E-state index in [1.165, 1.54) is 30.0 Å². The van der Waals surface area contributed by atoms with E-state index in [9.17, 15) is 19.7 Å². The van der Waals surface area contributed by atoms with Gasteiger partial charge in [0.2, 0.25) is 5.91 Å². The van der Waals surface area contributed by atoms with Crippen molar-refractivity contribution < 1.29 is 19.6 Å². The van der Waals surface area contributed by atoms with Gasteiger partial charge in [-0.25, -0.2) is 4.79 Å². The Labute approximate surface area is 121 Å². The molecule has 114 valence electrons. The number of carbonyl (C=O) groups is 2.